The van der Waals surface area contributed by atoms with Gasteiger partial charge in [-0.1, -0.05) is 0 Å². The van der Waals surface area contributed by atoms with E-state index in [1.807, 2.05) is 0 Å². The van der Waals surface area contributed by atoms with Crippen LogP contribution in [-0.2, 0) is 28.6 Å². The van der Waals surface area contributed by atoms with E-state index in [1.165, 1.54) is 21.3 Å². The minimum Gasteiger partial charge on any atom is -0.548 e. The van der Waals surface area contributed by atoms with Crippen LogP contribution in [0.1, 0.15) is 0 Å². The minimum atomic E-state index is -1.18. The first-order chi connectivity index (χ1) is 8.31. The monoisotopic (exact) mass is 442 g/mol. The van der Waals surface area contributed by atoms with E-state index in [2.05, 4.69) is 14.2 Å². The Kier molecular flexibility index (Phi) is 32.2. The van der Waals surface area contributed by atoms with E-state index in [-0.39, 0.29) is 56.7 Å². The first-order valence-corrected chi connectivity index (χ1v) is 4.38. The molecule has 120 valence electrons. The minimum absolute atomic E-state index is 0. The van der Waals surface area contributed by atoms with Crippen molar-refractivity contribution in [3.8, 4) is 0 Å². The Morgan fingerprint density at radius 3 is 0.842 bits per heavy atom. The van der Waals surface area contributed by atoms with Crippen molar-refractivity contribution in [2.24, 2.45) is 0 Å². The van der Waals surface area contributed by atoms with Crippen LogP contribution in [0.4, 0.5) is 0 Å². The fourth-order valence-corrected chi connectivity index (χ4v) is 0.354. The first kappa shape index (κ1) is 27.0. The molecular weight excluding hydrogens is 427 g/mol. The predicted octanol–water partition coefficient (Wildman–Crippen LogP) is -4.85. The molecule has 0 spiro atoms. The summed E-state index contributed by atoms with van der Waals surface area (Å²) in [6.45, 7) is -0.958. The van der Waals surface area contributed by atoms with Gasteiger partial charge in [-0.2, -0.15) is 0 Å². The zero-order valence-electron chi connectivity index (χ0n) is 10.6. The number of rotatable bonds is 6. The molecule has 0 saturated carbocycles. The van der Waals surface area contributed by atoms with Gasteiger partial charge in [0.25, 0.3) is 0 Å². The molecule has 0 heterocycles. The predicted molar refractivity (Wildman–Crippen MR) is 50.6 cm³/mol. The molecule has 0 aromatic carbocycles. The van der Waals surface area contributed by atoms with Gasteiger partial charge in [-0.05, 0) is 0 Å². The van der Waals surface area contributed by atoms with Crippen LogP contribution in [0.5, 0.6) is 0 Å². The second kappa shape index (κ2) is 22.7. The Labute approximate surface area is 139 Å². The Hall–Kier alpha value is -0.476. The quantitative estimate of drug-likeness (QED) is 0.395. The van der Waals surface area contributed by atoms with Gasteiger partial charge in [-0.25, -0.2) is 0 Å². The van der Waals surface area contributed by atoms with E-state index in [0.717, 1.165) is 0 Å². The van der Waals surface area contributed by atoms with Crippen LogP contribution in [0.15, 0.2) is 0 Å². The van der Waals surface area contributed by atoms with E-state index < -0.39 is 17.9 Å². The summed E-state index contributed by atoms with van der Waals surface area (Å²) in [6, 6.07) is 0. The number of hydrogen-bond acceptors (Lipinski definition) is 9. The number of methoxy groups -OCH3 is 3. The van der Waals surface area contributed by atoms with Crippen molar-refractivity contribution in [3.63, 3.8) is 0 Å². The zero-order valence-corrected chi connectivity index (χ0v) is 12.2. The van der Waals surface area contributed by atoms with E-state index >= 15 is 0 Å². The van der Waals surface area contributed by atoms with Gasteiger partial charge in [0.05, 0.1) is 37.7 Å². The Morgan fingerprint density at radius 1 is 0.684 bits per heavy atom. The molecule has 0 aliphatic rings. The largest absolute Gasteiger partial charge is 3.00 e. The fraction of sp³-hybridized carbons (Fsp3) is 0.667. The molecule has 10 heteroatoms. The molecule has 0 aliphatic heterocycles. The molecule has 19 heavy (non-hydrogen) atoms. The smallest absolute Gasteiger partial charge is 0.548 e. The standard InChI is InChI=1S/3C3H6O3.Lu/c3*1-6-2-3(4)5;/h3*2H2,1H3,(H,4,5);/q;;;+3/p-3. The molecule has 0 radical (unpaired) electrons. The average Bonchev–Trinajstić information content (AvgIpc) is 2.18. The average molecular weight is 442 g/mol. The number of aliphatic carboxylic acids is 3. The zero-order chi connectivity index (χ0) is 15.0. The Morgan fingerprint density at radius 2 is 0.842 bits per heavy atom. The molecule has 0 bridgehead atoms. The molecule has 0 rings (SSSR count). The summed E-state index contributed by atoms with van der Waals surface area (Å²) in [5.74, 6) is -3.55. The van der Waals surface area contributed by atoms with Crippen LogP contribution in [-0.4, -0.2) is 59.1 Å². The van der Waals surface area contributed by atoms with Crippen molar-refractivity contribution in [1.82, 2.24) is 0 Å². The number of ether oxygens (including phenoxy) is 3. The van der Waals surface area contributed by atoms with Gasteiger partial charge >= 0.3 is 36.9 Å². The van der Waals surface area contributed by atoms with E-state index in [0.29, 0.717) is 0 Å². The molecule has 0 aromatic rings. The second-order valence-corrected chi connectivity index (χ2v) is 2.42. The third-order valence-corrected chi connectivity index (χ3v) is 0.787. The maximum Gasteiger partial charge on any atom is 3.00 e. The Bertz CT molecular complexity index is 194. The third-order valence-electron chi connectivity index (χ3n) is 0.787. The van der Waals surface area contributed by atoms with Crippen molar-refractivity contribution in [3.05, 3.63) is 0 Å². The van der Waals surface area contributed by atoms with Crippen LogP contribution in [0, 0.1) is 36.9 Å². The molecule has 9 nitrogen and oxygen atoms in total. The van der Waals surface area contributed by atoms with Crippen molar-refractivity contribution in [2.45, 2.75) is 0 Å². The molecule has 0 fully saturated rings. The molecule has 0 atom stereocenters. The molecule has 0 saturated heterocycles. The van der Waals surface area contributed by atoms with E-state index in [4.69, 9.17) is 0 Å². The van der Waals surface area contributed by atoms with Gasteiger partial charge < -0.3 is 43.9 Å². The van der Waals surface area contributed by atoms with Crippen LogP contribution in [0.3, 0.4) is 0 Å². The summed E-state index contributed by atoms with van der Waals surface area (Å²) in [5, 5.41) is 28.1. The maximum atomic E-state index is 9.36. The van der Waals surface area contributed by atoms with E-state index in [9.17, 15) is 29.7 Å². The summed E-state index contributed by atoms with van der Waals surface area (Å²) >= 11 is 0. The van der Waals surface area contributed by atoms with Gasteiger partial charge in [0, 0.05) is 21.3 Å². The van der Waals surface area contributed by atoms with Crippen LogP contribution in [0.2, 0.25) is 0 Å². The molecule has 0 aliphatic carbocycles. The molecule has 0 amide bonds. The molecule has 0 N–H and O–H groups in total. The SMILES string of the molecule is COCC(=O)[O-].COCC(=O)[O-].COCC(=O)[O-].[Lu+3]. The van der Waals surface area contributed by atoms with Crippen LogP contribution >= 0.6 is 0 Å². The molecular formula is C9H15LuO9. The van der Waals surface area contributed by atoms with Gasteiger partial charge in [-0.15, -0.1) is 0 Å². The maximum absolute atomic E-state index is 9.36. The van der Waals surface area contributed by atoms with E-state index in [1.54, 1.807) is 0 Å². The summed E-state index contributed by atoms with van der Waals surface area (Å²) in [4.78, 5) is 28.1. The van der Waals surface area contributed by atoms with Gasteiger partial charge in [-0.3, -0.25) is 0 Å². The second-order valence-electron chi connectivity index (χ2n) is 2.42. The molecule has 0 aromatic heterocycles. The first-order valence-electron chi connectivity index (χ1n) is 4.38. The number of carbonyl (C=O) groups is 3. The van der Waals surface area contributed by atoms with Crippen molar-refractivity contribution in [1.29, 1.82) is 0 Å². The number of hydrogen-bond donors (Lipinski definition) is 0. The van der Waals surface area contributed by atoms with Crippen molar-refractivity contribution >= 4 is 17.9 Å². The third kappa shape index (κ3) is 58.1. The van der Waals surface area contributed by atoms with Gasteiger partial charge in [0.1, 0.15) is 0 Å². The topological polar surface area (TPSA) is 148 Å². The van der Waals surface area contributed by atoms with Crippen LogP contribution in [0.25, 0.3) is 0 Å². The number of carbonyl (C=O) groups excluding carboxylic acids is 3. The number of carboxylic acid groups (broad SMARTS) is 3. The summed E-state index contributed by atoms with van der Waals surface area (Å²) in [5.41, 5.74) is 0. The fourth-order valence-electron chi connectivity index (χ4n) is 0.354. The van der Waals surface area contributed by atoms with Crippen molar-refractivity contribution < 1.29 is 80.8 Å². The number of carboxylic acids is 3. The molecule has 0 unspecified atom stereocenters. The van der Waals surface area contributed by atoms with Gasteiger partial charge in [0.2, 0.25) is 0 Å². The Balaban J connectivity index is -0.0000000865. The van der Waals surface area contributed by atoms with Gasteiger partial charge in [0.15, 0.2) is 0 Å². The normalized spacial score (nSPS) is 7.74. The summed E-state index contributed by atoms with van der Waals surface area (Å²) in [6.07, 6.45) is 0. The summed E-state index contributed by atoms with van der Waals surface area (Å²) < 4.78 is 12.4. The van der Waals surface area contributed by atoms with Crippen molar-refractivity contribution in [2.75, 3.05) is 41.2 Å². The summed E-state index contributed by atoms with van der Waals surface area (Å²) in [7, 11) is 3.90. The van der Waals surface area contributed by atoms with Crippen LogP contribution < -0.4 is 15.3 Å².